The standard InChI is InChI=1S/C23H25FN4O/c1-15-9-10-22(16(2)11-15)28-17(3)12-19(18(28)4)13-26-27-23(29)14-25-21-8-6-5-7-20(21)24/h5-13,25H,14H2,1-4H3,(H,27,29). The van der Waals surface area contributed by atoms with Gasteiger partial charge in [-0.1, -0.05) is 29.8 Å². The molecule has 1 heterocycles. The zero-order valence-electron chi connectivity index (χ0n) is 17.1. The Morgan fingerprint density at radius 1 is 1.10 bits per heavy atom. The van der Waals surface area contributed by atoms with Crippen LogP contribution in [0, 0.1) is 33.5 Å². The number of aryl methyl sites for hydroxylation is 3. The zero-order chi connectivity index (χ0) is 21.0. The lowest BCUT2D eigenvalue weighted by atomic mass is 10.1. The SMILES string of the molecule is Cc1ccc(-n2c(C)cc(C=NNC(=O)CNc3ccccc3F)c2C)c(C)c1. The summed E-state index contributed by atoms with van der Waals surface area (Å²) < 4.78 is 15.7. The zero-order valence-corrected chi connectivity index (χ0v) is 17.1. The Morgan fingerprint density at radius 3 is 2.59 bits per heavy atom. The lowest BCUT2D eigenvalue weighted by molar-refractivity contribution is -0.119. The normalized spacial score (nSPS) is 11.1. The third-order valence-electron chi connectivity index (χ3n) is 4.77. The maximum absolute atomic E-state index is 13.6. The second-order valence-electron chi connectivity index (χ2n) is 7.08. The van der Waals surface area contributed by atoms with E-state index in [0.717, 1.165) is 22.6 Å². The monoisotopic (exact) mass is 392 g/mol. The van der Waals surface area contributed by atoms with E-state index in [1.807, 2.05) is 19.9 Å². The molecule has 2 N–H and O–H groups in total. The first kappa shape index (κ1) is 20.3. The molecule has 0 unspecified atom stereocenters. The maximum atomic E-state index is 13.6. The molecule has 150 valence electrons. The minimum absolute atomic E-state index is 0.0696. The molecule has 0 fully saturated rings. The second-order valence-corrected chi connectivity index (χ2v) is 7.08. The summed E-state index contributed by atoms with van der Waals surface area (Å²) >= 11 is 0. The average Bonchev–Trinajstić information content (AvgIpc) is 2.95. The van der Waals surface area contributed by atoms with E-state index in [9.17, 15) is 9.18 Å². The van der Waals surface area contributed by atoms with Crippen LogP contribution < -0.4 is 10.7 Å². The van der Waals surface area contributed by atoms with Crippen molar-refractivity contribution in [3.8, 4) is 5.69 Å². The van der Waals surface area contributed by atoms with Crippen LogP contribution >= 0.6 is 0 Å². The number of anilines is 1. The lowest BCUT2D eigenvalue weighted by Crippen LogP contribution is -2.26. The van der Waals surface area contributed by atoms with Crippen molar-refractivity contribution < 1.29 is 9.18 Å². The summed E-state index contributed by atoms with van der Waals surface area (Å²) in [6, 6.07) is 14.6. The molecule has 0 saturated carbocycles. The third kappa shape index (κ3) is 4.71. The van der Waals surface area contributed by atoms with Crippen LogP contribution in [-0.4, -0.2) is 23.2 Å². The highest BCUT2D eigenvalue weighted by atomic mass is 19.1. The van der Waals surface area contributed by atoms with Gasteiger partial charge in [-0.2, -0.15) is 5.10 Å². The van der Waals surface area contributed by atoms with Crippen LogP contribution in [0.15, 0.2) is 53.6 Å². The number of carbonyl (C=O) groups excluding carboxylic acids is 1. The Kier molecular flexibility index (Phi) is 6.12. The molecule has 0 aliphatic carbocycles. The summed E-state index contributed by atoms with van der Waals surface area (Å²) in [4.78, 5) is 12.0. The van der Waals surface area contributed by atoms with Gasteiger partial charge in [-0.05, 0) is 57.5 Å². The van der Waals surface area contributed by atoms with Gasteiger partial charge < -0.3 is 9.88 Å². The van der Waals surface area contributed by atoms with E-state index in [1.54, 1.807) is 24.4 Å². The fourth-order valence-corrected chi connectivity index (χ4v) is 3.34. The van der Waals surface area contributed by atoms with E-state index in [0.29, 0.717) is 0 Å². The number of hydrogen-bond acceptors (Lipinski definition) is 3. The minimum atomic E-state index is -0.400. The Labute approximate surface area is 170 Å². The maximum Gasteiger partial charge on any atom is 0.259 e. The number of hydrazone groups is 1. The first-order chi connectivity index (χ1) is 13.9. The quantitative estimate of drug-likeness (QED) is 0.482. The lowest BCUT2D eigenvalue weighted by Gasteiger charge is -2.13. The topological polar surface area (TPSA) is 58.4 Å². The van der Waals surface area contributed by atoms with Gasteiger partial charge in [0.2, 0.25) is 0 Å². The minimum Gasteiger partial charge on any atom is -0.374 e. The van der Waals surface area contributed by atoms with Crippen LogP contribution in [0.3, 0.4) is 0 Å². The predicted molar refractivity (Wildman–Crippen MR) is 115 cm³/mol. The molecule has 0 atom stereocenters. The number of benzene rings is 2. The van der Waals surface area contributed by atoms with Crippen molar-refractivity contribution in [2.75, 3.05) is 11.9 Å². The van der Waals surface area contributed by atoms with Crippen LogP contribution in [-0.2, 0) is 4.79 Å². The van der Waals surface area contributed by atoms with Gasteiger partial charge in [0.15, 0.2) is 0 Å². The number of hydrogen-bond donors (Lipinski definition) is 2. The third-order valence-corrected chi connectivity index (χ3v) is 4.77. The van der Waals surface area contributed by atoms with E-state index in [2.05, 4.69) is 52.5 Å². The molecule has 0 radical (unpaired) electrons. The fraction of sp³-hybridized carbons (Fsp3) is 0.217. The van der Waals surface area contributed by atoms with E-state index >= 15 is 0 Å². The molecule has 1 amide bonds. The largest absolute Gasteiger partial charge is 0.374 e. The summed E-state index contributed by atoms with van der Waals surface area (Å²) in [5.41, 5.74) is 9.35. The summed E-state index contributed by atoms with van der Waals surface area (Å²) in [6.07, 6.45) is 1.63. The number of rotatable bonds is 6. The van der Waals surface area contributed by atoms with Crippen LogP contribution in [0.1, 0.15) is 28.1 Å². The average molecular weight is 392 g/mol. The Morgan fingerprint density at radius 2 is 1.86 bits per heavy atom. The summed E-state index contributed by atoms with van der Waals surface area (Å²) in [5, 5.41) is 6.80. The van der Waals surface area contributed by atoms with Gasteiger partial charge in [-0.15, -0.1) is 0 Å². The highest BCUT2D eigenvalue weighted by Gasteiger charge is 2.11. The molecular weight excluding hydrogens is 367 g/mol. The number of nitrogens with one attached hydrogen (secondary N) is 2. The van der Waals surface area contributed by atoms with Crippen molar-refractivity contribution in [1.82, 2.24) is 9.99 Å². The molecule has 1 aromatic heterocycles. The second kappa shape index (κ2) is 8.73. The van der Waals surface area contributed by atoms with E-state index in [4.69, 9.17) is 0 Å². The number of halogens is 1. The number of aromatic nitrogens is 1. The van der Waals surface area contributed by atoms with E-state index < -0.39 is 5.82 Å². The summed E-state index contributed by atoms with van der Waals surface area (Å²) in [7, 11) is 0. The molecule has 3 rings (SSSR count). The van der Waals surface area contributed by atoms with Crippen LogP contribution in [0.2, 0.25) is 0 Å². The van der Waals surface area contributed by atoms with Gasteiger partial charge in [-0.25, -0.2) is 9.82 Å². The fourth-order valence-electron chi connectivity index (χ4n) is 3.34. The molecular formula is C23H25FN4O. The van der Waals surface area contributed by atoms with E-state index in [1.165, 1.54) is 17.2 Å². The van der Waals surface area contributed by atoms with Crippen LogP contribution in [0.25, 0.3) is 5.69 Å². The Hall–Kier alpha value is -3.41. The van der Waals surface area contributed by atoms with Crippen molar-refractivity contribution >= 4 is 17.8 Å². The Balaban J connectivity index is 1.67. The van der Waals surface area contributed by atoms with Gasteiger partial charge in [0, 0.05) is 22.6 Å². The molecule has 0 saturated heterocycles. The van der Waals surface area contributed by atoms with Crippen molar-refractivity contribution in [3.63, 3.8) is 0 Å². The van der Waals surface area contributed by atoms with Gasteiger partial charge in [0.25, 0.3) is 5.91 Å². The molecule has 0 spiro atoms. The number of amides is 1. The highest BCUT2D eigenvalue weighted by molar-refractivity contribution is 5.85. The molecule has 3 aromatic rings. The van der Waals surface area contributed by atoms with Crippen LogP contribution in [0.4, 0.5) is 10.1 Å². The summed E-state index contributed by atoms with van der Waals surface area (Å²) in [6.45, 7) is 8.17. The van der Waals surface area contributed by atoms with Gasteiger partial charge in [-0.3, -0.25) is 4.79 Å². The van der Waals surface area contributed by atoms with Crippen molar-refractivity contribution in [1.29, 1.82) is 0 Å². The van der Waals surface area contributed by atoms with Gasteiger partial charge in [0.1, 0.15) is 5.82 Å². The number of para-hydroxylation sites is 1. The first-order valence-electron chi connectivity index (χ1n) is 9.43. The molecule has 5 nitrogen and oxygen atoms in total. The van der Waals surface area contributed by atoms with Crippen LogP contribution in [0.5, 0.6) is 0 Å². The predicted octanol–water partition coefficient (Wildman–Crippen LogP) is 4.41. The molecule has 29 heavy (non-hydrogen) atoms. The Bertz CT molecular complexity index is 1070. The molecule has 0 aliphatic rings. The number of carbonyl (C=O) groups is 1. The van der Waals surface area contributed by atoms with Crippen molar-refractivity contribution in [2.45, 2.75) is 27.7 Å². The highest BCUT2D eigenvalue weighted by Crippen LogP contribution is 2.23. The molecule has 2 aromatic carbocycles. The smallest absolute Gasteiger partial charge is 0.259 e. The van der Waals surface area contributed by atoms with Crippen molar-refractivity contribution in [2.24, 2.45) is 5.10 Å². The molecule has 6 heteroatoms. The summed E-state index contributed by atoms with van der Waals surface area (Å²) in [5.74, 6) is -0.754. The molecule has 0 bridgehead atoms. The first-order valence-corrected chi connectivity index (χ1v) is 9.43. The molecule has 0 aliphatic heterocycles. The number of nitrogens with zero attached hydrogens (tertiary/aromatic N) is 2. The van der Waals surface area contributed by atoms with E-state index in [-0.39, 0.29) is 18.1 Å². The van der Waals surface area contributed by atoms with Crippen molar-refractivity contribution in [3.05, 3.63) is 82.4 Å². The van der Waals surface area contributed by atoms with Gasteiger partial charge >= 0.3 is 0 Å². The van der Waals surface area contributed by atoms with Gasteiger partial charge in [0.05, 0.1) is 18.4 Å².